The molecule has 1 aromatic carbocycles. The van der Waals surface area contributed by atoms with Gasteiger partial charge in [-0.05, 0) is 79.5 Å². The molecule has 2 nitrogen and oxygen atoms in total. The third kappa shape index (κ3) is 1.97. The number of aryl methyl sites for hydroxylation is 1. The number of hydrogen-bond acceptors (Lipinski definition) is 2. The monoisotopic (exact) mass is 312 g/mol. The first kappa shape index (κ1) is 15.3. The Morgan fingerprint density at radius 1 is 1.26 bits per heavy atom. The van der Waals surface area contributed by atoms with Crippen LogP contribution in [0.25, 0.3) is 0 Å². The molecule has 0 amide bonds. The number of methoxy groups -OCH3 is 1. The van der Waals surface area contributed by atoms with Crippen LogP contribution in [0.5, 0.6) is 5.75 Å². The molecule has 0 radical (unpaired) electrons. The second-order valence-electron chi connectivity index (χ2n) is 8.10. The van der Waals surface area contributed by atoms with Gasteiger partial charge in [0.1, 0.15) is 5.75 Å². The van der Waals surface area contributed by atoms with Gasteiger partial charge in [-0.2, -0.15) is 0 Å². The molecule has 0 saturated heterocycles. The highest BCUT2D eigenvalue weighted by Crippen LogP contribution is 2.64. The van der Waals surface area contributed by atoms with E-state index in [0.29, 0.717) is 17.8 Å². The van der Waals surface area contributed by atoms with E-state index in [1.807, 2.05) is 6.08 Å². The molecule has 0 aliphatic heterocycles. The van der Waals surface area contributed by atoms with Crippen LogP contribution in [0.3, 0.4) is 0 Å². The van der Waals surface area contributed by atoms with Gasteiger partial charge in [0.2, 0.25) is 0 Å². The minimum Gasteiger partial charge on any atom is -0.497 e. The third-order valence-corrected chi connectivity index (χ3v) is 7.49. The minimum atomic E-state index is -0.664. The molecule has 0 spiro atoms. The molecule has 1 aromatic rings. The fourth-order valence-corrected chi connectivity index (χ4v) is 6.07. The summed E-state index contributed by atoms with van der Waals surface area (Å²) in [7, 11) is 1.74. The molecule has 2 fully saturated rings. The van der Waals surface area contributed by atoms with Crippen molar-refractivity contribution in [3.05, 3.63) is 42.0 Å². The zero-order valence-electron chi connectivity index (χ0n) is 14.3. The third-order valence-electron chi connectivity index (χ3n) is 7.49. The average molecular weight is 312 g/mol. The first-order valence-electron chi connectivity index (χ1n) is 9.05. The fraction of sp³-hybridized carbons (Fsp3) is 0.619. The van der Waals surface area contributed by atoms with Gasteiger partial charge in [-0.15, -0.1) is 6.58 Å². The average Bonchev–Trinajstić information content (AvgIpc) is 2.86. The largest absolute Gasteiger partial charge is 0.497 e. The maximum absolute atomic E-state index is 11.1. The van der Waals surface area contributed by atoms with Crippen LogP contribution >= 0.6 is 0 Å². The van der Waals surface area contributed by atoms with Crippen molar-refractivity contribution in [1.82, 2.24) is 0 Å². The fourth-order valence-electron chi connectivity index (χ4n) is 6.07. The van der Waals surface area contributed by atoms with Crippen molar-refractivity contribution in [1.29, 1.82) is 0 Å². The highest BCUT2D eigenvalue weighted by molar-refractivity contribution is 5.41. The molecule has 3 aliphatic rings. The van der Waals surface area contributed by atoms with Crippen molar-refractivity contribution in [2.75, 3.05) is 7.11 Å². The van der Waals surface area contributed by atoms with E-state index >= 15 is 0 Å². The number of fused-ring (bicyclic) bond motifs is 5. The SMILES string of the molecule is C=CC1(O)CC[C@H]2[C@@H]3CCc4cc(OC)ccc4[C@H]3CC[C@@]21C. The zero-order chi connectivity index (χ0) is 16.2. The lowest BCUT2D eigenvalue weighted by Gasteiger charge is -2.52. The summed E-state index contributed by atoms with van der Waals surface area (Å²) in [5, 5.41) is 11.1. The van der Waals surface area contributed by atoms with Crippen LogP contribution in [0.1, 0.15) is 56.1 Å². The van der Waals surface area contributed by atoms with Crippen LogP contribution in [-0.2, 0) is 6.42 Å². The van der Waals surface area contributed by atoms with Crippen LogP contribution in [-0.4, -0.2) is 17.8 Å². The second-order valence-corrected chi connectivity index (χ2v) is 8.10. The van der Waals surface area contributed by atoms with E-state index in [2.05, 4.69) is 31.7 Å². The Morgan fingerprint density at radius 3 is 2.83 bits per heavy atom. The van der Waals surface area contributed by atoms with Gasteiger partial charge >= 0.3 is 0 Å². The maximum Gasteiger partial charge on any atom is 0.119 e. The van der Waals surface area contributed by atoms with Gasteiger partial charge in [-0.3, -0.25) is 0 Å². The maximum atomic E-state index is 11.1. The molecule has 3 aliphatic carbocycles. The number of benzene rings is 1. The summed E-state index contributed by atoms with van der Waals surface area (Å²) in [6, 6.07) is 6.64. The lowest BCUT2D eigenvalue weighted by atomic mass is 9.53. The summed E-state index contributed by atoms with van der Waals surface area (Å²) >= 11 is 0. The molecule has 1 unspecified atom stereocenters. The number of aliphatic hydroxyl groups is 1. The molecular formula is C21H28O2. The molecule has 0 heterocycles. The van der Waals surface area contributed by atoms with Crippen molar-refractivity contribution in [3.63, 3.8) is 0 Å². The predicted molar refractivity (Wildman–Crippen MR) is 92.8 cm³/mol. The lowest BCUT2D eigenvalue weighted by molar-refractivity contribution is -0.0707. The molecule has 5 atom stereocenters. The molecule has 124 valence electrons. The van der Waals surface area contributed by atoms with Gasteiger partial charge in [0.05, 0.1) is 12.7 Å². The van der Waals surface area contributed by atoms with Crippen molar-refractivity contribution < 1.29 is 9.84 Å². The summed E-state index contributed by atoms with van der Waals surface area (Å²) in [6.07, 6.45) is 8.54. The van der Waals surface area contributed by atoms with E-state index in [4.69, 9.17) is 4.74 Å². The van der Waals surface area contributed by atoms with Gasteiger partial charge in [0.15, 0.2) is 0 Å². The van der Waals surface area contributed by atoms with E-state index in [9.17, 15) is 5.11 Å². The lowest BCUT2D eigenvalue weighted by Crippen LogP contribution is -2.49. The Labute approximate surface area is 139 Å². The first-order chi connectivity index (χ1) is 11.0. The van der Waals surface area contributed by atoms with Gasteiger partial charge in [-0.25, -0.2) is 0 Å². The molecule has 0 aromatic heterocycles. The quantitative estimate of drug-likeness (QED) is 0.817. The van der Waals surface area contributed by atoms with E-state index in [0.717, 1.165) is 31.4 Å². The molecule has 2 saturated carbocycles. The highest BCUT2D eigenvalue weighted by atomic mass is 16.5. The van der Waals surface area contributed by atoms with Gasteiger partial charge in [0, 0.05) is 5.41 Å². The Morgan fingerprint density at radius 2 is 2.09 bits per heavy atom. The van der Waals surface area contributed by atoms with Crippen LogP contribution in [0.4, 0.5) is 0 Å². The molecule has 4 rings (SSSR count). The summed E-state index contributed by atoms with van der Waals surface area (Å²) in [4.78, 5) is 0. The summed E-state index contributed by atoms with van der Waals surface area (Å²) < 4.78 is 5.40. The van der Waals surface area contributed by atoms with Gasteiger partial charge in [-0.1, -0.05) is 19.1 Å². The van der Waals surface area contributed by atoms with E-state index in [1.165, 1.54) is 24.0 Å². The zero-order valence-corrected chi connectivity index (χ0v) is 14.3. The molecule has 0 bridgehead atoms. The summed E-state index contributed by atoms with van der Waals surface area (Å²) in [6.45, 7) is 6.26. The molecule has 1 N–H and O–H groups in total. The van der Waals surface area contributed by atoms with E-state index in [1.54, 1.807) is 7.11 Å². The number of ether oxygens (including phenoxy) is 1. The second kappa shape index (κ2) is 5.11. The van der Waals surface area contributed by atoms with E-state index in [-0.39, 0.29) is 5.41 Å². The van der Waals surface area contributed by atoms with Crippen molar-refractivity contribution in [3.8, 4) is 5.75 Å². The standard InChI is InChI=1S/C21H28O2/c1-4-21(22)12-10-19-18-7-5-14-13-15(23-3)6-8-16(14)17(18)9-11-20(19,21)2/h4,6,8,13,17-19,22H,1,5,7,9-12H2,2-3H3/t17-,18-,19+,20+,21?/m1/s1. The summed E-state index contributed by atoms with van der Waals surface area (Å²) in [5.74, 6) is 2.97. The number of hydrogen-bond donors (Lipinski definition) is 1. The van der Waals surface area contributed by atoms with Crippen LogP contribution < -0.4 is 4.74 Å². The van der Waals surface area contributed by atoms with Crippen LogP contribution in [0.2, 0.25) is 0 Å². The Balaban J connectivity index is 1.69. The normalized spacial score (nSPS) is 41.6. The van der Waals surface area contributed by atoms with Gasteiger partial charge in [0.25, 0.3) is 0 Å². The van der Waals surface area contributed by atoms with Crippen molar-refractivity contribution in [2.45, 2.75) is 57.0 Å². The van der Waals surface area contributed by atoms with Gasteiger partial charge < -0.3 is 9.84 Å². The van der Waals surface area contributed by atoms with Crippen molar-refractivity contribution >= 4 is 0 Å². The molecule has 23 heavy (non-hydrogen) atoms. The molecular weight excluding hydrogens is 284 g/mol. The Kier molecular flexibility index (Phi) is 3.39. The Bertz CT molecular complexity index is 637. The smallest absolute Gasteiger partial charge is 0.119 e. The van der Waals surface area contributed by atoms with Crippen LogP contribution in [0, 0.1) is 17.3 Å². The predicted octanol–water partition coefficient (Wildman–Crippen LogP) is 4.47. The Hall–Kier alpha value is -1.28. The van der Waals surface area contributed by atoms with E-state index < -0.39 is 5.60 Å². The minimum absolute atomic E-state index is 0.0138. The first-order valence-corrected chi connectivity index (χ1v) is 9.05. The summed E-state index contributed by atoms with van der Waals surface area (Å²) in [5.41, 5.74) is 2.37. The van der Waals surface area contributed by atoms with Crippen LogP contribution in [0.15, 0.2) is 30.9 Å². The highest BCUT2D eigenvalue weighted by Gasteiger charge is 2.60. The topological polar surface area (TPSA) is 29.5 Å². The number of rotatable bonds is 2. The molecule has 2 heteroatoms. The van der Waals surface area contributed by atoms with Crippen molar-refractivity contribution in [2.24, 2.45) is 17.3 Å².